The Morgan fingerprint density at radius 3 is 2.58 bits per heavy atom. The Labute approximate surface area is 77.7 Å². The van der Waals surface area contributed by atoms with Gasteiger partial charge in [-0.3, -0.25) is 0 Å². The zero-order valence-corrected chi connectivity index (χ0v) is 9.03. The minimum Gasteiger partial charge on any atom is -0.0651 e. The van der Waals surface area contributed by atoms with Crippen molar-refractivity contribution in [2.75, 3.05) is 0 Å². The molecule has 12 heavy (non-hydrogen) atoms. The summed E-state index contributed by atoms with van der Waals surface area (Å²) in [5.41, 5.74) is 0.678. The van der Waals surface area contributed by atoms with Gasteiger partial charge in [-0.2, -0.15) is 0 Å². The lowest BCUT2D eigenvalue weighted by Gasteiger charge is -2.29. The number of hydrogen-bond donors (Lipinski definition) is 0. The zero-order valence-electron chi connectivity index (χ0n) is 9.03. The lowest BCUT2D eigenvalue weighted by Crippen LogP contribution is -2.17. The molecule has 0 spiro atoms. The molecule has 0 N–H and O–H groups in total. The van der Waals surface area contributed by atoms with Crippen molar-refractivity contribution in [3.63, 3.8) is 0 Å². The lowest BCUT2D eigenvalue weighted by atomic mass is 9.77. The molecule has 2 atom stereocenters. The summed E-state index contributed by atoms with van der Waals surface area (Å²) in [4.78, 5) is 0. The highest BCUT2D eigenvalue weighted by Crippen LogP contribution is 2.40. The molecule has 1 saturated carbocycles. The fraction of sp³-hybridized carbons (Fsp3) is 1.00. The largest absolute Gasteiger partial charge is 0.0651 e. The van der Waals surface area contributed by atoms with Crippen LogP contribution in [0, 0.1) is 11.3 Å². The van der Waals surface area contributed by atoms with Crippen LogP contribution in [-0.2, 0) is 0 Å². The topological polar surface area (TPSA) is 0 Å². The Bertz CT molecular complexity index is 128. The SMILES string of the molecule is CCC1CCCCC(C)(CC)C1. The smallest absolute Gasteiger partial charge is 0.0326 e. The maximum atomic E-state index is 2.49. The van der Waals surface area contributed by atoms with Crippen LogP contribution in [0.1, 0.15) is 65.7 Å². The van der Waals surface area contributed by atoms with E-state index in [4.69, 9.17) is 0 Å². The molecule has 0 heteroatoms. The molecular weight excluding hydrogens is 144 g/mol. The van der Waals surface area contributed by atoms with Gasteiger partial charge in [-0.25, -0.2) is 0 Å². The molecule has 1 rings (SSSR count). The van der Waals surface area contributed by atoms with Crippen molar-refractivity contribution in [2.24, 2.45) is 11.3 Å². The van der Waals surface area contributed by atoms with Gasteiger partial charge in [-0.15, -0.1) is 0 Å². The lowest BCUT2D eigenvalue weighted by molar-refractivity contribution is 0.225. The standard InChI is InChI=1S/C12H24/c1-4-11-8-6-7-9-12(3,5-2)10-11/h11H,4-10H2,1-3H3. The first-order chi connectivity index (χ1) is 5.70. The first-order valence-corrected chi connectivity index (χ1v) is 5.70. The van der Waals surface area contributed by atoms with Gasteiger partial charge in [0.2, 0.25) is 0 Å². The van der Waals surface area contributed by atoms with Crippen LogP contribution < -0.4 is 0 Å². The molecule has 0 aromatic carbocycles. The van der Waals surface area contributed by atoms with E-state index in [2.05, 4.69) is 20.8 Å². The summed E-state index contributed by atoms with van der Waals surface area (Å²) in [6.07, 6.45) is 10.2. The van der Waals surface area contributed by atoms with E-state index in [1.54, 1.807) is 0 Å². The summed E-state index contributed by atoms with van der Waals surface area (Å²) >= 11 is 0. The van der Waals surface area contributed by atoms with Crippen molar-refractivity contribution in [1.82, 2.24) is 0 Å². The minimum atomic E-state index is 0.678. The zero-order chi connectivity index (χ0) is 9.03. The molecule has 0 aromatic heterocycles. The van der Waals surface area contributed by atoms with Crippen molar-refractivity contribution in [3.05, 3.63) is 0 Å². The Balaban J connectivity index is 2.52. The number of hydrogen-bond acceptors (Lipinski definition) is 0. The average Bonchev–Trinajstić information content (AvgIpc) is 2.28. The fourth-order valence-corrected chi connectivity index (χ4v) is 2.56. The van der Waals surface area contributed by atoms with E-state index in [0.717, 1.165) is 5.92 Å². The van der Waals surface area contributed by atoms with Crippen molar-refractivity contribution in [2.45, 2.75) is 65.7 Å². The summed E-state index contributed by atoms with van der Waals surface area (Å²) < 4.78 is 0. The molecule has 0 nitrogen and oxygen atoms in total. The molecule has 0 amide bonds. The average molecular weight is 168 g/mol. The van der Waals surface area contributed by atoms with Crippen LogP contribution in [0.25, 0.3) is 0 Å². The molecule has 0 radical (unpaired) electrons. The first kappa shape index (κ1) is 10.1. The van der Waals surface area contributed by atoms with E-state index >= 15 is 0 Å². The predicted octanol–water partition coefficient (Wildman–Crippen LogP) is 4.39. The normalized spacial score (nSPS) is 37.8. The second kappa shape index (κ2) is 4.30. The van der Waals surface area contributed by atoms with Crippen LogP contribution in [-0.4, -0.2) is 0 Å². The van der Waals surface area contributed by atoms with Crippen LogP contribution in [0.3, 0.4) is 0 Å². The molecule has 0 aromatic rings. The summed E-state index contributed by atoms with van der Waals surface area (Å²) in [6.45, 7) is 7.20. The van der Waals surface area contributed by atoms with E-state index in [9.17, 15) is 0 Å². The summed E-state index contributed by atoms with van der Waals surface area (Å²) in [7, 11) is 0. The van der Waals surface area contributed by atoms with E-state index in [1.807, 2.05) is 0 Å². The van der Waals surface area contributed by atoms with Gasteiger partial charge in [0.1, 0.15) is 0 Å². The predicted molar refractivity (Wildman–Crippen MR) is 55.3 cm³/mol. The summed E-state index contributed by atoms with van der Waals surface area (Å²) in [5, 5.41) is 0. The highest BCUT2D eigenvalue weighted by Gasteiger charge is 2.27. The Morgan fingerprint density at radius 1 is 1.25 bits per heavy atom. The minimum absolute atomic E-state index is 0.678. The van der Waals surface area contributed by atoms with Crippen LogP contribution in [0.2, 0.25) is 0 Å². The summed E-state index contributed by atoms with van der Waals surface area (Å²) in [5.74, 6) is 1.03. The highest BCUT2D eigenvalue weighted by atomic mass is 14.3. The molecule has 1 fully saturated rings. The van der Waals surface area contributed by atoms with Crippen molar-refractivity contribution < 1.29 is 0 Å². The number of rotatable bonds is 2. The van der Waals surface area contributed by atoms with Gasteiger partial charge in [0.15, 0.2) is 0 Å². The second-order valence-corrected chi connectivity index (χ2v) is 4.89. The van der Waals surface area contributed by atoms with Crippen LogP contribution >= 0.6 is 0 Å². The maximum Gasteiger partial charge on any atom is -0.0326 e. The van der Waals surface area contributed by atoms with E-state index < -0.39 is 0 Å². The van der Waals surface area contributed by atoms with Gasteiger partial charge in [0, 0.05) is 0 Å². The molecule has 72 valence electrons. The van der Waals surface area contributed by atoms with Gasteiger partial charge >= 0.3 is 0 Å². The molecule has 1 aliphatic carbocycles. The Morgan fingerprint density at radius 2 is 2.00 bits per heavy atom. The van der Waals surface area contributed by atoms with E-state index in [0.29, 0.717) is 5.41 Å². The van der Waals surface area contributed by atoms with E-state index in [1.165, 1.54) is 44.9 Å². The van der Waals surface area contributed by atoms with Crippen molar-refractivity contribution in [3.8, 4) is 0 Å². The maximum absolute atomic E-state index is 2.49. The van der Waals surface area contributed by atoms with Gasteiger partial charge in [-0.05, 0) is 24.2 Å². The van der Waals surface area contributed by atoms with Gasteiger partial charge in [0.05, 0.1) is 0 Å². The van der Waals surface area contributed by atoms with Crippen molar-refractivity contribution >= 4 is 0 Å². The molecule has 0 aliphatic heterocycles. The third-order valence-electron chi connectivity index (χ3n) is 3.86. The molecule has 1 aliphatic rings. The van der Waals surface area contributed by atoms with Gasteiger partial charge in [0.25, 0.3) is 0 Å². The molecule has 0 heterocycles. The van der Waals surface area contributed by atoms with Crippen LogP contribution in [0.15, 0.2) is 0 Å². The van der Waals surface area contributed by atoms with Gasteiger partial charge < -0.3 is 0 Å². The molecule has 2 unspecified atom stereocenters. The van der Waals surface area contributed by atoms with E-state index in [-0.39, 0.29) is 0 Å². The van der Waals surface area contributed by atoms with Crippen LogP contribution in [0.4, 0.5) is 0 Å². The molecule has 0 bridgehead atoms. The highest BCUT2D eigenvalue weighted by molar-refractivity contribution is 4.79. The quantitative estimate of drug-likeness (QED) is 0.536. The third kappa shape index (κ3) is 2.50. The first-order valence-electron chi connectivity index (χ1n) is 5.70. The third-order valence-corrected chi connectivity index (χ3v) is 3.86. The van der Waals surface area contributed by atoms with Gasteiger partial charge in [-0.1, -0.05) is 52.9 Å². The second-order valence-electron chi connectivity index (χ2n) is 4.89. The molecular formula is C12H24. The molecule has 0 saturated heterocycles. The monoisotopic (exact) mass is 168 g/mol. The Kier molecular flexibility index (Phi) is 3.61. The fourth-order valence-electron chi connectivity index (χ4n) is 2.56. The van der Waals surface area contributed by atoms with Crippen LogP contribution in [0.5, 0.6) is 0 Å². The van der Waals surface area contributed by atoms with Crippen molar-refractivity contribution in [1.29, 1.82) is 0 Å². The Hall–Kier alpha value is 0. The summed E-state index contributed by atoms with van der Waals surface area (Å²) in [6, 6.07) is 0.